The summed E-state index contributed by atoms with van der Waals surface area (Å²) in [4.78, 5) is 21.1. The van der Waals surface area contributed by atoms with Crippen molar-refractivity contribution in [2.75, 3.05) is 20.6 Å². The molecule has 0 spiro atoms. The summed E-state index contributed by atoms with van der Waals surface area (Å²) in [7, 11) is 3.96. The highest BCUT2D eigenvalue weighted by Crippen LogP contribution is 2.33. The molecule has 6 heteroatoms. The lowest BCUT2D eigenvalue weighted by molar-refractivity contribution is -0.133. The van der Waals surface area contributed by atoms with E-state index < -0.39 is 0 Å². The number of aromatic nitrogens is 3. The largest absolute Gasteiger partial charge is 0.338 e. The molecule has 1 amide bonds. The van der Waals surface area contributed by atoms with E-state index in [2.05, 4.69) is 58.3 Å². The van der Waals surface area contributed by atoms with Crippen molar-refractivity contribution in [1.29, 1.82) is 0 Å². The van der Waals surface area contributed by atoms with Crippen molar-refractivity contribution in [3.05, 3.63) is 77.9 Å². The van der Waals surface area contributed by atoms with Crippen LogP contribution in [-0.2, 0) is 11.2 Å². The molecule has 0 aliphatic heterocycles. The van der Waals surface area contributed by atoms with E-state index in [0.29, 0.717) is 6.54 Å². The zero-order valence-corrected chi connectivity index (χ0v) is 17.9. The van der Waals surface area contributed by atoms with Gasteiger partial charge in [0, 0.05) is 13.1 Å². The molecule has 3 aromatic rings. The molecule has 6 nitrogen and oxygen atoms in total. The van der Waals surface area contributed by atoms with Gasteiger partial charge in [0.05, 0.1) is 18.3 Å². The third-order valence-electron chi connectivity index (χ3n) is 6.30. The second-order valence-corrected chi connectivity index (χ2v) is 8.13. The summed E-state index contributed by atoms with van der Waals surface area (Å²) in [6.07, 6.45) is 6.47. The maximum atomic E-state index is 13.1. The van der Waals surface area contributed by atoms with Crippen molar-refractivity contribution >= 4 is 5.91 Å². The van der Waals surface area contributed by atoms with Crippen molar-refractivity contribution in [2.45, 2.75) is 38.3 Å². The Labute approximate surface area is 178 Å². The fraction of sp³-hybridized carbons (Fsp3) is 0.375. The van der Waals surface area contributed by atoms with Crippen LogP contribution in [0.25, 0.3) is 5.69 Å². The second kappa shape index (κ2) is 8.79. The van der Waals surface area contributed by atoms with Gasteiger partial charge in [0.1, 0.15) is 12.7 Å². The van der Waals surface area contributed by atoms with Gasteiger partial charge in [-0.1, -0.05) is 36.4 Å². The van der Waals surface area contributed by atoms with Crippen LogP contribution in [0.2, 0.25) is 0 Å². The number of carbonyl (C=O) groups is 1. The summed E-state index contributed by atoms with van der Waals surface area (Å²) in [6.45, 7) is 2.52. The molecule has 0 N–H and O–H groups in total. The molecule has 1 heterocycles. The van der Waals surface area contributed by atoms with Crippen LogP contribution >= 0.6 is 0 Å². The van der Waals surface area contributed by atoms with Crippen LogP contribution in [-0.4, -0.2) is 51.1 Å². The Kier molecular flexibility index (Phi) is 5.95. The number of nitrogens with zero attached hydrogens (tertiary/aromatic N) is 5. The third kappa shape index (κ3) is 4.14. The van der Waals surface area contributed by atoms with E-state index in [0.717, 1.165) is 24.9 Å². The molecule has 4 rings (SSSR count). The monoisotopic (exact) mass is 403 g/mol. The van der Waals surface area contributed by atoms with Crippen LogP contribution < -0.4 is 0 Å². The van der Waals surface area contributed by atoms with Crippen LogP contribution in [0.15, 0.2) is 61.2 Å². The van der Waals surface area contributed by atoms with E-state index in [-0.39, 0.29) is 18.0 Å². The molecule has 2 atom stereocenters. The lowest BCUT2D eigenvalue weighted by atomic mass is 9.87. The fourth-order valence-electron chi connectivity index (χ4n) is 4.27. The highest BCUT2D eigenvalue weighted by atomic mass is 16.2. The van der Waals surface area contributed by atoms with Crippen molar-refractivity contribution in [2.24, 2.45) is 0 Å². The fourth-order valence-corrected chi connectivity index (χ4v) is 4.27. The average Bonchev–Trinajstić information content (AvgIpc) is 3.32. The molecule has 0 fully saturated rings. The van der Waals surface area contributed by atoms with Gasteiger partial charge in [-0.2, -0.15) is 5.10 Å². The number of amides is 1. The standard InChI is InChI=1S/C24H29N5O/c1-18(19-11-13-21(14-12-19)29-17-25-16-26-29)27(2)15-24(30)28(3)23-10-6-8-20-7-4-5-9-22(20)23/h4-5,7,9,11-14,16-18,23H,6,8,10,15H2,1-3H3/t18-,23+/m1/s1. The molecule has 156 valence electrons. The Hall–Kier alpha value is -2.99. The van der Waals surface area contributed by atoms with E-state index in [1.54, 1.807) is 11.0 Å². The van der Waals surface area contributed by atoms with Gasteiger partial charge in [-0.3, -0.25) is 9.69 Å². The summed E-state index contributed by atoms with van der Waals surface area (Å²) in [5.74, 6) is 0.158. The number of carbonyl (C=O) groups excluding carboxylic acids is 1. The molecule has 0 unspecified atom stereocenters. The summed E-state index contributed by atoms with van der Waals surface area (Å²) >= 11 is 0. The van der Waals surface area contributed by atoms with Gasteiger partial charge in [0.15, 0.2) is 0 Å². The number of likely N-dealkylation sites (N-methyl/N-ethyl adjacent to an activating group) is 2. The second-order valence-electron chi connectivity index (χ2n) is 8.13. The lowest BCUT2D eigenvalue weighted by Gasteiger charge is -2.35. The number of hydrogen-bond acceptors (Lipinski definition) is 4. The molecule has 0 bridgehead atoms. The summed E-state index contributed by atoms with van der Waals surface area (Å²) in [5.41, 5.74) is 4.82. The first-order valence-electron chi connectivity index (χ1n) is 10.5. The summed E-state index contributed by atoms with van der Waals surface area (Å²) in [5, 5.41) is 4.16. The smallest absolute Gasteiger partial charge is 0.237 e. The molecular weight excluding hydrogens is 374 g/mol. The Bertz CT molecular complexity index is 983. The highest BCUT2D eigenvalue weighted by Gasteiger charge is 2.27. The predicted molar refractivity (Wildman–Crippen MR) is 117 cm³/mol. The van der Waals surface area contributed by atoms with E-state index in [4.69, 9.17) is 0 Å². The maximum Gasteiger partial charge on any atom is 0.237 e. The lowest BCUT2D eigenvalue weighted by Crippen LogP contribution is -2.40. The number of rotatable bonds is 6. The van der Waals surface area contributed by atoms with Crippen LogP contribution in [0.1, 0.15) is 48.5 Å². The Balaban J connectivity index is 1.40. The average molecular weight is 404 g/mol. The Morgan fingerprint density at radius 3 is 2.67 bits per heavy atom. The highest BCUT2D eigenvalue weighted by molar-refractivity contribution is 5.78. The number of benzene rings is 2. The number of fused-ring (bicyclic) bond motifs is 1. The van der Waals surface area contributed by atoms with Crippen molar-refractivity contribution in [1.82, 2.24) is 24.6 Å². The van der Waals surface area contributed by atoms with Crippen LogP contribution in [0.4, 0.5) is 0 Å². The van der Waals surface area contributed by atoms with E-state index >= 15 is 0 Å². The molecule has 1 aliphatic carbocycles. The van der Waals surface area contributed by atoms with Gasteiger partial charge in [0.25, 0.3) is 0 Å². The third-order valence-corrected chi connectivity index (χ3v) is 6.30. The zero-order valence-electron chi connectivity index (χ0n) is 17.9. The topological polar surface area (TPSA) is 54.3 Å². The van der Waals surface area contributed by atoms with Crippen molar-refractivity contribution < 1.29 is 4.79 Å². The van der Waals surface area contributed by atoms with Crippen LogP contribution in [0.3, 0.4) is 0 Å². The first-order valence-corrected chi connectivity index (χ1v) is 10.5. The minimum atomic E-state index is 0.130. The first kappa shape index (κ1) is 20.3. The quantitative estimate of drug-likeness (QED) is 0.628. The molecule has 0 saturated heterocycles. The van der Waals surface area contributed by atoms with Gasteiger partial charge < -0.3 is 4.90 Å². The Morgan fingerprint density at radius 2 is 1.93 bits per heavy atom. The van der Waals surface area contributed by atoms with E-state index in [9.17, 15) is 4.79 Å². The number of hydrogen-bond donors (Lipinski definition) is 0. The van der Waals surface area contributed by atoms with Crippen molar-refractivity contribution in [3.8, 4) is 5.69 Å². The minimum absolute atomic E-state index is 0.130. The Morgan fingerprint density at radius 1 is 1.17 bits per heavy atom. The predicted octanol–water partition coefficient (Wildman–Crippen LogP) is 3.80. The van der Waals surface area contributed by atoms with Gasteiger partial charge >= 0.3 is 0 Å². The molecule has 2 aromatic carbocycles. The molecule has 30 heavy (non-hydrogen) atoms. The summed E-state index contributed by atoms with van der Waals surface area (Å²) in [6, 6.07) is 17.1. The minimum Gasteiger partial charge on any atom is -0.338 e. The van der Waals surface area contributed by atoms with Crippen LogP contribution in [0.5, 0.6) is 0 Å². The molecule has 0 saturated carbocycles. The van der Waals surface area contributed by atoms with E-state index in [1.807, 2.05) is 31.1 Å². The van der Waals surface area contributed by atoms with E-state index in [1.165, 1.54) is 23.0 Å². The van der Waals surface area contributed by atoms with Gasteiger partial charge in [-0.15, -0.1) is 0 Å². The molecular formula is C24H29N5O. The normalized spacial score (nSPS) is 16.9. The molecule has 1 aromatic heterocycles. The summed E-state index contributed by atoms with van der Waals surface area (Å²) < 4.78 is 1.73. The van der Waals surface area contributed by atoms with Crippen molar-refractivity contribution in [3.63, 3.8) is 0 Å². The van der Waals surface area contributed by atoms with Gasteiger partial charge in [0.2, 0.25) is 5.91 Å². The van der Waals surface area contributed by atoms with Gasteiger partial charge in [-0.05, 0) is 62.1 Å². The molecule has 0 radical (unpaired) electrons. The molecule has 1 aliphatic rings. The van der Waals surface area contributed by atoms with Crippen LogP contribution in [0, 0.1) is 0 Å². The van der Waals surface area contributed by atoms with Gasteiger partial charge in [-0.25, -0.2) is 9.67 Å². The first-order chi connectivity index (χ1) is 14.5. The SMILES string of the molecule is C[C@H](c1ccc(-n2cncn2)cc1)N(C)CC(=O)N(C)[C@H]1CCCc2ccccc21. The number of aryl methyl sites for hydroxylation is 1. The zero-order chi connectivity index (χ0) is 21.1. The maximum absolute atomic E-state index is 13.1.